The van der Waals surface area contributed by atoms with Crippen LogP contribution in [-0.2, 0) is 16.1 Å². The number of carbonyl (C=O) groups is 1. The first kappa shape index (κ1) is 17.9. The van der Waals surface area contributed by atoms with Gasteiger partial charge in [-0.15, -0.1) is 10.2 Å². The van der Waals surface area contributed by atoms with Crippen molar-refractivity contribution in [3.63, 3.8) is 0 Å². The molecule has 0 amide bonds. The molecule has 1 N–H and O–H groups in total. The molecule has 6 nitrogen and oxygen atoms in total. The minimum Gasteiger partial charge on any atom is -0.465 e. The van der Waals surface area contributed by atoms with Crippen molar-refractivity contribution in [2.24, 2.45) is 0 Å². The number of esters is 1. The van der Waals surface area contributed by atoms with Crippen LogP contribution in [0.15, 0.2) is 35.5 Å². The van der Waals surface area contributed by atoms with Crippen molar-refractivity contribution < 1.29 is 14.4 Å². The molecule has 1 aliphatic heterocycles. The highest BCUT2D eigenvalue weighted by Crippen LogP contribution is 2.30. The lowest BCUT2D eigenvalue weighted by atomic mass is 10.2. The number of carbonyl (C=O) groups excluding carboxylic acids is 1. The Hall–Kier alpha value is -1.86. The van der Waals surface area contributed by atoms with Crippen molar-refractivity contribution >= 4 is 17.7 Å². The van der Waals surface area contributed by atoms with Crippen molar-refractivity contribution in [2.75, 3.05) is 20.7 Å². The van der Waals surface area contributed by atoms with Gasteiger partial charge >= 0.3 is 5.97 Å². The Bertz CT molecular complexity index is 717. The second-order valence-electron chi connectivity index (χ2n) is 6.51. The third kappa shape index (κ3) is 4.04. The summed E-state index contributed by atoms with van der Waals surface area (Å²) >= 11 is 1.47. The van der Waals surface area contributed by atoms with Crippen LogP contribution in [0.3, 0.4) is 0 Å². The van der Waals surface area contributed by atoms with E-state index < -0.39 is 0 Å². The summed E-state index contributed by atoms with van der Waals surface area (Å²) in [6.45, 7) is 3.37. The maximum Gasteiger partial charge on any atom is 0.319 e. The van der Waals surface area contributed by atoms with Crippen LogP contribution in [0.2, 0.25) is 0 Å². The second-order valence-corrected chi connectivity index (χ2v) is 7.68. The topological polar surface area (TPSA) is 61.5 Å². The monoisotopic (exact) mass is 361 g/mol. The van der Waals surface area contributed by atoms with Crippen LogP contribution in [0, 0.1) is 0 Å². The standard InChI is InChI=1S/C18H24N4O2S/c1-4-14(21(2)3)16-19-20-18(25-15-10-11-24-17(15)23)22(16)12-13-8-6-5-7-9-13/h5-9,14-15H,4,10-12H2,1-3H3/p+1/t14-,15+/m0/s1. The van der Waals surface area contributed by atoms with E-state index in [-0.39, 0.29) is 17.3 Å². The summed E-state index contributed by atoms with van der Waals surface area (Å²) in [5.41, 5.74) is 1.20. The molecule has 1 saturated heterocycles. The van der Waals surface area contributed by atoms with Crippen LogP contribution in [0.5, 0.6) is 0 Å². The quantitative estimate of drug-likeness (QED) is 0.754. The molecule has 2 atom stereocenters. The molecular weight excluding hydrogens is 336 g/mol. The highest BCUT2D eigenvalue weighted by Gasteiger charge is 2.31. The number of rotatable bonds is 7. The lowest BCUT2D eigenvalue weighted by molar-refractivity contribution is -0.893. The first-order valence-electron chi connectivity index (χ1n) is 8.70. The Morgan fingerprint density at radius 1 is 1.32 bits per heavy atom. The molecule has 7 heteroatoms. The number of thioether (sulfide) groups is 1. The lowest BCUT2D eigenvalue weighted by Crippen LogP contribution is -3.06. The molecule has 3 rings (SSSR count). The summed E-state index contributed by atoms with van der Waals surface area (Å²) in [6, 6.07) is 10.6. The fourth-order valence-electron chi connectivity index (χ4n) is 3.12. The first-order valence-corrected chi connectivity index (χ1v) is 9.58. The molecule has 0 bridgehead atoms. The molecule has 1 aromatic heterocycles. The highest BCUT2D eigenvalue weighted by molar-refractivity contribution is 8.00. The fourth-order valence-corrected chi connectivity index (χ4v) is 4.13. The summed E-state index contributed by atoms with van der Waals surface area (Å²) in [6.07, 6.45) is 1.71. The van der Waals surface area contributed by atoms with Crippen LogP contribution < -0.4 is 4.90 Å². The van der Waals surface area contributed by atoms with Crippen molar-refractivity contribution in [3.05, 3.63) is 41.7 Å². The SMILES string of the molecule is CC[C@@H](c1nnc(S[C@@H]2CCOC2=O)n1Cc1ccccc1)[NH+](C)C. The number of hydrogen-bond donors (Lipinski definition) is 1. The van der Waals surface area contributed by atoms with E-state index in [0.717, 1.165) is 23.8 Å². The van der Waals surface area contributed by atoms with Gasteiger partial charge in [0.1, 0.15) is 11.3 Å². The third-order valence-corrected chi connectivity index (χ3v) is 5.71. The molecule has 0 saturated carbocycles. The zero-order valence-electron chi connectivity index (χ0n) is 14.9. The Balaban J connectivity index is 1.93. The third-order valence-electron chi connectivity index (χ3n) is 4.48. The molecule has 0 unspecified atom stereocenters. The molecule has 134 valence electrons. The molecule has 1 aromatic carbocycles. The van der Waals surface area contributed by atoms with Gasteiger partial charge in [-0.1, -0.05) is 49.0 Å². The van der Waals surface area contributed by atoms with Gasteiger partial charge < -0.3 is 9.64 Å². The molecule has 2 heterocycles. The predicted molar refractivity (Wildman–Crippen MR) is 96.6 cm³/mol. The molecule has 25 heavy (non-hydrogen) atoms. The van der Waals surface area contributed by atoms with Crippen LogP contribution >= 0.6 is 11.8 Å². The molecule has 0 aliphatic carbocycles. The Kier molecular flexibility index (Phi) is 5.75. The van der Waals surface area contributed by atoms with Crippen molar-refractivity contribution in [3.8, 4) is 0 Å². The van der Waals surface area contributed by atoms with Gasteiger partial charge in [0, 0.05) is 12.8 Å². The largest absolute Gasteiger partial charge is 0.465 e. The van der Waals surface area contributed by atoms with Gasteiger partial charge in [-0.05, 0) is 5.56 Å². The van der Waals surface area contributed by atoms with E-state index in [1.165, 1.54) is 22.2 Å². The smallest absolute Gasteiger partial charge is 0.319 e. The van der Waals surface area contributed by atoms with Crippen LogP contribution in [0.25, 0.3) is 0 Å². The van der Waals surface area contributed by atoms with Crippen LogP contribution in [0.4, 0.5) is 0 Å². The average Bonchev–Trinajstić information content (AvgIpc) is 3.17. The first-order chi connectivity index (χ1) is 12.1. The van der Waals surface area contributed by atoms with Gasteiger partial charge in [-0.25, -0.2) is 0 Å². The van der Waals surface area contributed by atoms with Gasteiger partial charge in [0.05, 0.1) is 27.2 Å². The summed E-state index contributed by atoms with van der Waals surface area (Å²) in [4.78, 5) is 13.2. The van der Waals surface area contributed by atoms with Gasteiger partial charge in [0.25, 0.3) is 0 Å². The molecule has 2 aromatic rings. The number of cyclic esters (lactones) is 1. The predicted octanol–water partition coefficient (Wildman–Crippen LogP) is 1.33. The van der Waals surface area contributed by atoms with Crippen LogP contribution in [0.1, 0.15) is 37.2 Å². The zero-order chi connectivity index (χ0) is 17.8. The van der Waals surface area contributed by atoms with E-state index in [0.29, 0.717) is 13.2 Å². The van der Waals surface area contributed by atoms with Crippen molar-refractivity contribution in [2.45, 2.75) is 42.8 Å². The number of quaternary nitrogens is 1. The molecular formula is C18H25N4O2S+. The van der Waals surface area contributed by atoms with Gasteiger partial charge in [0.15, 0.2) is 11.0 Å². The minimum absolute atomic E-state index is 0.147. The second kappa shape index (κ2) is 8.01. The van der Waals surface area contributed by atoms with Crippen molar-refractivity contribution in [1.82, 2.24) is 14.8 Å². The van der Waals surface area contributed by atoms with E-state index in [1.54, 1.807) is 0 Å². The minimum atomic E-state index is -0.182. The van der Waals surface area contributed by atoms with E-state index in [1.807, 2.05) is 18.2 Å². The summed E-state index contributed by atoms with van der Waals surface area (Å²) in [5, 5.41) is 9.52. The molecule has 0 spiro atoms. The lowest BCUT2D eigenvalue weighted by Gasteiger charge is -2.20. The number of benzene rings is 1. The number of ether oxygens (including phenoxy) is 1. The molecule has 0 radical (unpaired) electrons. The average molecular weight is 361 g/mol. The molecule has 1 aliphatic rings. The van der Waals surface area contributed by atoms with E-state index >= 15 is 0 Å². The Morgan fingerprint density at radius 3 is 2.68 bits per heavy atom. The summed E-state index contributed by atoms with van der Waals surface area (Å²) in [5.74, 6) is 0.825. The normalized spacial score (nSPS) is 18.6. The van der Waals surface area contributed by atoms with Gasteiger partial charge in [-0.3, -0.25) is 9.36 Å². The maximum absolute atomic E-state index is 11.8. The van der Waals surface area contributed by atoms with Gasteiger partial charge in [0.2, 0.25) is 0 Å². The number of hydrogen-bond acceptors (Lipinski definition) is 5. The number of nitrogens with zero attached hydrogens (tertiary/aromatic N) is 3. The van der Waals surface area contributed by atoms with E-state index in [9.17, 15) is 4.79 Å². The number of aromatic nitrogens is 3. The Morgan fingerprint density at radius 2 is 2.08 bits per heavy atom. The summed E-state index contributed by atoms with van der Waals surface area (Å²) < 4.78 is 7.25. The zero-order valence-corrected chi connectivity index (χ0v) is 15.8. The Labute approximate surface area is 152 Å². The number of nitrogens with one attached hydrogen (secondary N) is 1. The fraction of sp³-hybridized carbons (Fsp3) is 0.500. The van der Waals surface area contributed by atoms with E-state index in [2.05, 4.69) is 47.9 Å². The highest BCUT2D eigenvalue weighted by atomic mass is 32.2. The van der Waals surface area contributed by atoms with Crippen LogP contribution in [-0.4, -0.2) is 46.7 Å². The summed E-state index contributed by atoms with van der Waals surface area (Å²) in [7, 11) is 4.27. The maximum atomic E-state index is 11.8. The molecule has 1 fully saturated rings. The van der Waals surface area contributed by atoms with Crippen molar-refractivity contribution in [1.29, 1.82) is 0 Å². The van der Waals surface area contributed by atoms with E-state index in [4.69, 9.17) is 4.74 Å². The van der Waals surface area contributed by atoms with Gasteiger partial charge in [-0.2, -0.15) is 0 Å².